The molecule has 0 atom stereocenters. The van der Waals surface area contributed by atoms with Crippen molar-refractivity contribution < 1.29 is 0 Å². The van der Waals surface area contributed by atoms with Crippen LogP contribution in [0.2, 0.25) is 0 Å². The van der Waals surface area contributed by atoms with Gasteiger partial charge in [-0.1, -0.05) is 0 Å². The maximum absolute atomic E-state index is 5.45. The van der Waals surface area contributed by atoms with Crippen molar-refractivity contribution in [3.63, 3.8) is 0 Å². The smallest absolute Gasteiger partial charge is 0.147 e. The molecule has 0 aliphatic carbocycles. The van der Waals surface area contributed by atoms with E-state index in [2.05, 4.69) is 10.2 Å². The molecule has 1 aromatic heterocycles. The van der Waals surface area contributed by atoms with Gasteiger partial charge in [0.05, 0.1) is 5.88 Å². The summed E-state index contributed by atoms with van der Waals surface area (Å²) in [5.41, 5.74) is 0. The van der Waals surface area contributed by atoms with E-state index >= 15 is 0 Å². The lowest BCUT2D eigenvalue weighted by Crippen LogP contribution is -1.91. The number of hydrogen-bond acceptors (Lipinski definition) is 2. The summed E-state index contributed by atoms with van der Waals surface area (Å²) < 4.78 is 1.78. The Morgan fingerprint density at radius 3 is 2.67 bits per heavy atom. The van der Waals surface area contributed by atoms with Gasteiger partial charge >= 0.3 is 0 Å². The number of alkyl halides is 1. The van der Waals surface area contributed by atoms with Crippen LogP contribution in [0.25, 0.3) is 0 Å². The zero-order chi connectivity index (χ0) is 5.98. The van der Waals surface area contributed by atoms with Crippen molar-refractivity contribution in [3.8, 4) is 0 Å². The quantitative estimate of drug-likeness (QED) is 0.585. The standard InChI is InChI=1S/C4H6ClN3.ClH/c1-8-3-6-7-4(8)2-5;/h3H,2H2,1H3;1H. The molecule has 0 fully saturated rings. The second kappa shape index (κ2) is 3.69. The first-order valence-corrected chi connectivity index (χ1v) is 2.77. The minimum absolute atomic E-state index is 0. The van der Waals surface area contributed by atoms with Gasteiger partial charge in [-0.25, -0.2) is 0 Å². The molecule has 3 nitrogen and oxygen atoms in total. The van der Waals surface area contributed by atoms with Crippen molar-refractivity contribution in [2.24, 2.45) is 7.05 Å². The first-order chi connectivity index (χ1) is 3.84. The third-order valence-electron chi connectivity index (χ3n) is 0.925. The molecule has 0 saturated heterocycles. The van der Waals surface area contributed by atoms with E-state index in [-0.39, 0.29) is 12.4 Å². The molecular formula is C4H7Cl2N3. The molecule has 1 rings (SSSR count). The van der Waals surface area contributed by atoms with Gasteiger partial charge < -0.3 is 4.57 Å². The number of aromatic nitrogens is 3. The zero-order valence-electron chi connectivity index (χ0n) is 4.91. The van der Waals surface area contributed by atoms with E-state index in [1.54, 1.807) is 10.9 Å². The molecule has 1 heterocycles. The van der Waals surface area contributed by atoms with Crippen LogP contribution in [0.3, 0.4) is 0 Å². The molecule has 52 valence electrons. The fraction of sp³-hybridized carbons (Fsp3) is 0.500. The summed E-state index contributed by atoms with van der Waals surface area (Å²) in [6.45, 7) is 0. The largest absolute Gasteiger partial charge is 0.320 e. The van der Waals surface area contributed by atoms with Crippen molar-refractivity contribution in [1.82, 2.24) is 14.8 Å². The summed E-state index contributed by atoms with van der Waals surface area (Å²) in [6, 6.07) is 0. The van der Waals surface area contributed by atoms with Crippen molar-refractivity contribution in [3.05, 3.63) is 12.2 Å². The van der Waals surface area contributed by atoms with E-state index in [0.717, 1.165) is 5.82 Å². The van der Waals surface area contributed by atoms with Crippen LogP contribution in [0.4, 0.5) is 0 Å². The molecule has 0 aliphatic heterocycles. The maximum Gasteiger partial charge on any atom is 0.147 e. The van der Waals surface area contributed by atoms with Crippen molar-refractivity contribution in [2.45, 2.75) is 5.88 Å². The van der Waals surface area contributed by atoms with Crippen molar-refractivity contribution in [2.75, 3.05) is 0 Å². The molecule has 0 aliphatic rings. The molecule has 0 bridgehead atoms. The Hall–Kier alpha value is -0.280. The highest BCUT2D eigenvalue weighted by Gasteiger charge is 1.93. The van der Waals surface area contributed by atoms with E-state index < -0.39 is 0 Å². The van der Waals surface area contributed by atoms with Crippen LogP contribution >= 0.6 is 24.0 Å². The minimum atomic E-state index is 0. The first kappa shape index (κ1) is 8.72. The lowest BCUT2D eigenvalue weighted by molar-refractivity contribution is 0.847. The van der Waals surface area contributed by atoms with Gasteiger partial charge in [0, 0.05) is 7.05 Å². The Morgan fingerprint density at radius 1 is 1.78 bits per heavy atom. The van der Waals surface area contributed by atoms with Gasteiger partial charge in [-0.05, 0) is 0 Å². The second-order valence-electron chi connectivity index (χ2n) is 1.49. The van der Waals surface area contributed by atoms with Crippen LogP contribution in [-0.2, 0) is 12.9 Å². The predicted molar refractivity (Wildman–Crippen MR) is 37.8 cm³/mol. The van der Waals surface area contributed by atoms with Gasteiger partial charge in [-0.3, -0.25) is 0 Å². The molecule has 5 heteroatoms. The SMILES string of the molecule is Cl.Cn1cnnc1CCl. The molecule has 0 amide bonds. The van der Waals surface area contributed by atoms with Gasteiger partial charge in [-0.2, -0.15) is 0 Å². The van der Waals surface area contributed by atoms with Gasteiger partial charge in [0.1, 0.15) is 12.2 Å². The minimum Gasteiger partial charge on any atom is -0.320 e. The third-order valence-corrected chi connectivity index (χ3v) is 1.16. The number of aryl methyl sites for hydroxylation is 1. The Labute approximate surface area is 64.4 Å². The summed E-state index contributed by atoms with van der Waals surface area (Å²) >= 11 is 5.45. The Kier molecular flexibility index (Phi) is 3.58. The van der Waals surface area contributed by atoms with E-state index in [9.17, 15) is 0 Å². The molecule has 1 aromatic rings. The monoisotopic (exact) mass is 167 g/mol. The van der Waals surface area contributed by atoms with Crippen LogP contribution in [0.15, 0.2) is 6.33 Å². The van der Waals surface area contributed by atoms with Crippen molar-refractivity contribution >= 4 is 24.0 Å². The zero-order valence-corrected chi connectivity index (χ0v) is 6.48. The summed E-state index contributed by atoms with van der Waals surface area (Å²) in [5.74, 6) is 1.22. The topological polar surface area (TPSA) is 30.7 Å². The second-order valence-corrected chi connectivity index (χ2v) is 1.76. The summed E-state index contributed by atoms with van der Waals surface area (Å²) in [7, 11) is 1.86. The van der Waals surface area contributed by atoms with E-state index in [4.69, 9.17) is 11.6 Å². The third kappa shape index (κ3) is 1.84. The molecule has 0 unspecified atom stereocenters. The highest BCUT2D eigenvalue weighted by atomic mass is 35.5. The number of hydrogen-bond donors (Lipinski definition) is 0. The predicted octanol–water partition coefficient (Wildman–Crippen LogP) is 0.976. The van der Waals surface area contributed by atoms with Crippen molar-refractivity contribution in [1.29, 1.82) is 0 Å². The molecule has 0 aromatic carbocycles. The molecule has 0 N–H and O–H groups in total. The number of nitrogens with zero attached hydrogens (tertiary/aromatic N) is 3. The molecule has 0 spiro atoms. The Morgan fingerprint density at radius 2 is 2.44 bits per heavy atom. The normalized spacial score (nSPS) is 8.67. The van der Waals surface area contributed by atoms with Crippen LogP contribution in [-0.4, -0.2) is 14.8 Å². The van der Waals surface area contributed by atoms with Gasteiger partial charge in [0.15, 0.2) is 0 Å². The van der Waals surface area contributed by atoms with E-state index in [0.29, 0.717) is 5.88 Å². The van der Waals surface area contributed by atoms with E-state index in [1.165, 1.54) is 0 Å². The molecular weight excluding hydrogens is 161 g/mol. The fourth-order valence-electron chi connectivity index (χ4n) is 0.428. The molecule has 0 saturated carbocycles. The summed E-state index contributed by atoms with van der Waals surface area (Å²) in [6.07, 6.45) is 1.62. The van der Waals surface area contributed by atoms with Crippen LogP contribution in [0, 0.1) is 0 Å². The van der Waals surface area contributed by atoms with Crippen LogP contribution in [0.1, 0.15) is 5.82 Å². The Bertz CT molecular complexity index is 174. The molecule has 9 heavy (non-hydrogen) atoms. The van der Waals surface area contributed by atoms with Crippen LogP contribution in [0.5, 0.6) is 0 Å². The summed E-state index contributed by atoms with van der Waals surface area (Å²) in [4.78, 5) is 0. The van der Waals surface area contributed by atoms with Crippen LogP contribution < -0.4 is 0 Å². The highest BCUT2D eigenvalue weighted by molar-refractivity contribution is 6.16. The average molecular weight is 168 g/mol. The van der Waals surface area contributed by atoms with Gasteiger partial charge in [0.25, 0.3) is 0 Å². The Balaban J connectivity index is 0.000000640. The van der Waals surface area contributed by atoms with Gasteiger partial charge in [0.2, 0.25) is 0 Å². The van der Waals surface area contributed by atoms with Gasteiger partial charge in [-0.15, -0.1) is 34.2 Å². The average Bonchev–Trinajstić information content (AvgIpc) is 2.14. The maximum atomic E-state index is 5.45. The number of halogens is 2. The number of rotatable bonds is 1. The fourth-order valence-corrected chi connectivity index (χ4v) is 0.670. The van der Waals surface area contributed by atoms with E-state index in [1.807, 2.05) is 7.05 Å². The highest BCUT2D eigenvalue weighted by Crippen LogP contribution is 1.94. The molecule has 0 radical (unpaired) electrons. The summed E-state index contributed by atoms with van der Waals surface area (Å²) in [5, 5.41) is 7.34. The first-order valence-electron chi connectivity index (χ1n) is 2.23. The lowest BCUT2D eigenvalue weighted by atomic mass is 10.7. The lowest BCUT2D eigenvalue weighted by Gasteiger charge is -1.89.